The summed E-state index contributed by atoms with van der Waals surface area (Å²) in [6.45, 7) is 6.81. The van der Waals surface area contributed by atoms with Gasteiger partial charge in [0, 0.05) is 104 Å². The number of rotatable bonds is 18. The second kappa shape index (κ2) is 17.1. The van der Waals surface area contributed by atoms with Gasteiger partial charge in [0.05, 0.1) is 14.8 Å². The molecule has 3 aromatic rings. The normalized spacial score (nSPS) is 11.2. The Labute approximate surface area is 275 Å². The highest BCUT2D eigenvalue weighted by molar-refractivity contribution is 6.60. The van der Waals surface area contributed by atoms with Gasteiger partial charge in [-0.25, -0.2) is 4.79 Å². The molecule has 18 heteroatoms. The van der Waals surface area contributed by atoms with E-state index in [0.717, 1.165) is 42.5 Å². The predicted molar refractivity (Wildman–Crippen MR) is 172 cm³/mol. The largest absolute Gasteiger partial charge is 0.508 e. The molecule has 258 valence electrons. The summed E-state index contributed by atoms with van der Waals surface area (Å²) in [6.07, 6.45) is -1.13. The Balaban J connectivity index is 1.87. The highest BCUT2D eigenvalue weighted by Crippen LogP contribution is 2.36. The van der Waals surface area contributed by atoms with Crippen molar-refractivity contribution in [3.8, 4) is 17.2 Å². The molecule has 0 fully saturated rings. The quantitative estimate of drug-likeness (QED) is 0.0646. The molecule has 0 aliphatic heterocycles. The Morgan fingerprint density at radius 1 is 0.729 bits per heavy atom. The number of carbonyl (C=O) groups excluding carboxylic acids is 1. The van der Waals surface area contributed by atoms with Crippen LogP contribution in [0.4, 0.5) is 21.9 Å². The molecular formula is C30H36N4O13Si. The number of aromatic hydroxyl groups is 2. The number of hydrogen-bond donors (Lipinski definition) is 3. The second-order valence-corrected chi connectivity index (χ2v) is 13.0. The molecule has 0 aliphatic carbocycles. The minimum Gasteiger partial charge on any atom is -0.508 e. The van der Waals surface area contributed by atoms with E-state index in [-0.39, 0.29) is 64.5 Å². The molecule has 3 rings (SSSR count). The van der Waals surface area contributed by atoms with Crippen LogP contribution in [0.25, 0.3) is 0 Å². The van der Waals surface area contributed by atoms with E-state index in [2.05, 4.69) is 5.32 Å². The van der Waals surface area contributed by atoms with Crippen LogP contribution in [-0.4, -0.2) is 66.2 Å². The maximum absolute atomic E-state index is 12.8. The third-order valence-electron chi connectivity index (χ3n) is 6.98. The Morgan fingerprint density at radius 2 is 1.21 bits per heavy atom. The molecule has 3 aromatic carbocycles. The van der Waals surface area contributed by atoms with Gasteiger partial charge in [-0.2, -0.15) is 0 Å². The maximum Gasteiger partial charge on any atom is 0.500 e. The number of hydrogen-bond acceptors (Lipinski definition) is 13. The molecule has 0 spiro atoms. The lowest BCUT2D eigenvalue weighted by molar-refractivity contribution is -0.385. The van der Waals surface area contributed by atoms with E-state index in [1.807, 2.05) is 20.8 Å². The highest BCUT2D eigenvalue weighted by Gasteiger charge is 2.39. The Bertz CT molecular complexity index is 1640. The number of nitrogens with one attached hydrogen (secondary N) is 1. The molecule has 48 heavy (non-hydrogen) atoms. The van der Waals surface area contributed by atoms with Crippen LogP contribution in [0, 0.1) is 30.3 Å². The van der Waals surface area contributed by atoms with Crippen molar-refractivity contribution >= 4 is 32.0 Å². The average molecular weight is 689 g/mol. The number of phenolic OH excluding ortho intramolecular Hbond substituents is 2. The van der Waals surface area contributed by atoms with Gasteiger partial charge in [-0.1, -0.05) is 0 Å². The zero-order valence-corrected chi connectivity index (χ0v) is 27.5. The lowest BCUT2D eigenvalue weighted by Crippen LogP contribution is -2.46. The van der Waals surface area contributed by atoms with Crippen molar-refractivity contribution in [3.05, 3.63) is 101 Å². The summed E-state index contributed by atoms with van der Waals surface area (Å²) in [5.74, 6) is -0.905. The SMILES string of the molecule is CCO[Si](CCCNC(=O)Oc1ccc([N+](=O)[O-])cc1Cc1cc([N+](=O)[O-])cc(Cc2cc([N+](=O)[O-])ccc2O)c1O)(OCC)OCC. The first-order valence-electron chi connectivity index (χ1n) is 14.9. The van der Waals surface area contributed by atoms with E-state index in [9.17, 15) is 45.4 Å². The number of phenols is 2. The Morgan fingerprint density at radius 3 is 1.73 bits per heavy atom. The summed E-state index contributed by atoms with van der Waals surface area (Å²) in [5.41, 5.74) is -1.21. The number of benzene rings is 3. The van der Waals surface area contributed by atoms with Crippen molar-refractivity contribution in [3.63, 3.8) is 0 Å². The van der Waals surface area contributed by atoms with Gasteiger partial charge in [0.2, 0.25) is 0 Å². The van der Waals surface area contributed by atoms with Crippen LogP contribution in [0.2, 0.25) is 6.04 Å². The molecule has 0 bridgehead atoms. The van der Waals surface area contributed by atoms with Crippen LogP contribution in [0.15, 0.2) is 48.5 Å². The monoisotopic (exact) mass is 688 g/mol. The number of non-ortho nitro benzene ring substituents is 3. The first kappa shape index (κ1) is 37.3. The first-order chi connectivity index (χ1) is 22.8. The summed E-state index contributed by atoms with van der Waals surface area (Å²) < 4.78 is 22.9. The average Bonchev–Trinajstić information content (AvgIpc) is 3.03. The van der Waals surface area contributed by atoms with Crippen LogP contribution < -0.4 is 10.1 Å². The zero-order valence-electron chi connectivity index (χ0n) is 26.5. The van der Waals surface area contributed by atoms with E-state index in [4.69, 9.17) is 18.0 Å². The first-order valence-corrected chi connectivity index (χ1v) is 16.9. The number of nitro benzene ring substituents is 3. The summed E-state index contributed by atoms with van der Waals surface area (Å²) >= 11 is 0. The Kier molecular flexibility index (Phi) is 13.3. The van der Waals surface area contributed by atoms with E-state index >= 15 is 0 Å². The fraction of sp³-hybridized carbons (Fsp3) is 0.367. The lowest BCUT2D eigenvalue weighted by Gasteiger charge is -2.28. The maximum atomic E-state index is 12.8. The standard InChI is InChI=1S/C30H36N4O13Si/c1-4-44-48(45-5-2,46-6-3)13-7-12-31-30(37)47-28-11-9-25(33(40)41)17-21(28)15-23-19-26(34(42)43)18-22(29(23)36)14-20-16-24(32(38)39)8-10-27(20)35/h8-11,16-19,35-36H,4-7,12-15H2,1-3H3,(H,31,37). The summed E-state index contributed by atoms with van der Waals surface area (Å²) in [5, 5.41) is 58.6. The van der Waals surface area contributed by atoms with Gasteiger partial charge < -0.3 is 33.5 Å². The van der Waals surface area contributed by atoms with Crippen LogP contribution in [0.3, 0.4) is 0 Å². The molecule has 0 aromatic heterocycles. The molecule has 0 aliphatic rings. The second-order valence-electron chi connectivity index (χ2n) is 10.2. The van der Waals surface area contributed by atoms with Gasteiger partial charge in [-0.05, 0) is 39.3 Å². The summed E-state index contributed by atoms with van der Waals surface area (Å²) in [7, 11) is -2.94. The van der Waals surface area contributed by atoms with E-state index in [1.165, 1.54) is 6.07 Å². The van der Waals surface area contributed by atoms with Gasteiger partial charge in [0.1, 0.15) is 17.2 Å². The van der Waals surface area contributed by atoms with Gasteiger partial charge in [0.25, 0.3) is 17.1 Å². The Hall–Kier alpha value is -5.17. The van der Waals surface area contributed by atoms with Crippen molar-refractivity contribution in [2.45, 2.75) is 46.1 Å². The summed E-state index contributed by atoms with van der Waals surface area (Å²) in [6, 6.07) is 9.20. The van der Waals surface area contributed by atoms with Gasteiger partial charge >= 0.3 is 14.9 Å². The van der Waals surface area contributed by atoms with Gasteiger partial charge in [-0.15, -0.1) is 0 Å². The van der Waals surface area contributed by atoms with Crippen LogP contribution in [0.5, 0.6) is 17.2 Å². The molecule has 0 radical (unpaired) electrons. The highest BCUT2D eigenvalue weighted by atomic mass is 28.4. The minimum absolute atomic E-state index is 0.0191. The van der Waals surface area contributed by atoms with Crippen molar-refractivity contribution in [1.29, 1.82) is 0 Å². The third-order valence-corrected chi connectivity index (χ3v) is 10.1. The molecule has 0 saturated carbocycles. The fourth-order valence-corrected chi connectivity index (χ4v) is 7.52. The fourth-order valence-electron chi connectivity index (χ4n) is 4.90. The molecule has 0 unspecified atom stereocenters. The molecule has 17 nitrogen and oxygen atoms in total. The topological polar surface area (TPSA) is 236 Å². The van der Waals surface area contributed by atoms with Crippen LogP contribution in [0.1, 0.15) is 49.4 Å². The van der Waals surface area contributed by atoms with Gasteiger partial charge in [-0.3, -0.25) is 30.3 Å². The van der Waals surface area contributed by atoms with E-state index in [1.54, 1.807) is 0 Å². The smallest absolute Gasteiger partial charge is 0.500 e. The molecular weight excluding hydrogens is 652 g/mol. The summed E-state index contributed by atoms with van der Waals surface area (Å²) in [4.78, 5) is 45.2. The number of carbonyl (C=O) groups is 1. The van der Waals surface area contributed by atoms with Crippen molar-refractivity contribution < 1.29 is 47.8 Å². The molecule has 0 atom stereocenters. The number of nitrogens with zero attached hydrogens (tertiary/aromatic N) is 3. The van der Waals surface area contributed by atoms with Crippen molar-refractivity contribution in [2.75, 3.05) is 26.4 Å². The molecule has 3 N–H and O–H groups in total. The number of ether oxygens (including phenoxy) is 1. The van der Waals surface area contributed by atoms with Crippen LogP contribution in [-0.2, 0) is 26.1 Å². The van der Waals surface area contributed by atoms with Crippen LogP contribution >= 0.6 is 0 Å². The third kappa shape index (κ3) is 9.91. The molecule has 0 saturated heterocycles. The molecule has 1 amide bonds. The minimum atomic E-state index is -2.94. The zero-order chi connectivity index (χ0) is 35.4. The predicted octanol–water partition coefficient (Wildman–Crippen LogP) is 5.53. The van der Waals surface area contributed by atoms with Gasteiger partial charge in [0.15, 0.2) is 0 Å². The van der Waals surface area contributed by atoms with E-state index < -0.39 is 41.1 Å². The van der Waals surface area contributed by atoms with E-state index in [0.29, 0.717) is 32.3 Å². The lowest BCUT2D eigenvalue weighted by atomic mass is 9.95. The van der Waals surface area contributed by atoms with Crippen molar-refractivity contribution in [2.24, 2.45) is 0 Å². The number of amides is 1. The molecule has 0 heterocycles. The van der Waals surface area contributed by atoms with Crippen molar-refractivity contribution in [1.82, 2.24) is 5.32 Å². The number of nitro groups is 3.